The van der Waals surface area contributed by atoms with Gasteiger partial charge in [0.1, 0.15) is 5.69 Å². The molecular formula is C20H27N5OS. The number of carbonyl (C=O) groups is 1. The van der Waals surface area contributed by atoms with Gasteiger partial charge in [-0.1, -0.05) is 25.1 Å². The van der Waals surface area contributed by atoms with Crippen LogP contribution < -0.4 is 9.80 Å². The summed E-state index contributed by atoms with van der Waals surface area (Å²) in [5.41, 5.74) is 1.88. The van der Waals surface area contributed by atoms with Gasteiger partial charge < -0.3 is 19.6 Å². The number of likely N-dealkylation sites (N-methyl/N-ethyl adjacent to an activating group) is 1. The van der Waals surface area contributed by atoms with Gasteiger partial charge in [-0.2, -0.15) is 0 Å². The predicted octanol–water partition coefficient (Wildman–Crippen LogP) is 2.25. The molecular weight excluding hydrogens is 358 g/mol. The van der Waals surface area contributed by atoms with Gasteiger partial charge in [0, 0.05) is 63.4 Å². The van der Waals surface area contributed by atoms with Crippen molar-refractivity contribution in [3.63, 3.8) is 0 Å². The molecule has 7 heteroatoms. The lowest BCUT2D eigenvalue weighted by molar-refractivity contribution is 0.0638. The zero-order valence-corrected chi connectivity index (χ0v) is 16.7. The number of para-hydroxylation sites is 1. The van der Waals surface area contributed by atoms with Crippen LogP contribution in [0.25, 0.3) is 0 Å². The Labute approximate surface area is 165 Å². The third-order valence-corrected chi connectivity index (χ3v) is 6.39. The molecule has 1 aromatic carbocycles. The zero-order valence-electron chi connectivity index (χ0n) is 15.9. The summed E-state index contributed by atoms with van der Waals surface area (Å²) in [6, 6.07) is 10.5. The van der Waals surface area contributed by atoms with Gasteiger partial charge in [0.05, 0.1) is 0 Å². The van der Waals surface area contributed by atoms with Crippen LogP contribution in [0.4, 0.5) is 10.8 Å². The summed E-state index contributed by atoms with van der Waals surface area (Å²) >= 11 is 1.59. The molecule has 0 unspecified atom stereocenters. The first-order valence-corrected chi connectivity index (χ1v) is 10.6. The summed E-state index contributed by atoms with van der Waals surface area (Å²) in [7, 11) is 0. The van der Waals surface area contributed by atoms with Crippen molar-refractivity contribution in [1.82, 2.24) is 14.8 Å². The number of thiazole rings is 1. The van der Waals surface area contributed by atoms with Crippen molar-refractivity contribution >= 4 is 28.1 Å². The van der Waals surface area contributed by atoms with Crippen molar-refractivity contribution in [2.75, 3.05) is 68.7 Å². The standard InChI is InChI=1S/C20H27N5OS/c1-2-22-8-10-24(11-9-22)19(26)18-16-27-20(21-18)25-14-12-23(13-15-25)17-6-4-3-5-7-17/h3-7,16H,2,8-15H2,1H3. The summed E-state index contributed by atoms with van der Waals surface area (Å²) in [5.74, 6) is 0.0798. The molecule has 0 aliphatic carbocycles. The number of anilines is 2. The molecule has 0 N–H and O–H groups in total. The second kappa shape index (κ2) is 8.27. The molecule has 2 saturated heterocycles. The first-order chi connectivity index (χ1) is 13.2. The number of rotatable bonds is 4. The van der Waals surface area contributed by atoms with E-state index in [1.807, 2.05) is 10.3 Å². The summed E-state index contributed by atoms with van der Waals surface area (Å²) in [4.78, 5) is 26.4. The predicted molar refractivity (Wildman–Crippen MR) is 111 cm³/mol. The van der Waals surface area contributed by atoms with Crippen LogP contribution in [0.15, 0.2) is 35.7 Å². The first kappa shape index (κ1) is 18.3. The molecule has 2 fully saturated rings. The Balaban J connectivity index is 1.34. The highest BCUT2D eigenvalue weighted by Crippen LogP contribution is 2.24. The maximum Gasteiger partial charge on any atom is 0.273 e. The Hall–Kier alpha value is -2.12. The zero-order chi connectivity index (χ0) is 18.6. The number of amides is 1. The first-order valence-electron chi connectivity index (χ1n) is 9.76. The third-order valence-electron chi connectivity index (χ3n) is 5.49. The van der Waals surface area contributed by atoms with Crippen molar-refractivity contribution in [1.29, 1.82) is 0 Å². The number of aromatic nitrogens is 1. The molecule has 2 aliphatic heterocycles. The minimum atomic E-state index is 0.0798. The molecule has 4 rings (SSSR count). The lowest BCUT2D eigenvalue weighted by atomic mass is 10.2. The van der Waals surface area contributed by atoms with E-state index in [2.05, 4.69) is 56.9 Å². The minimum Gasteiger partial charge on any atom is -0.368 e. The number of hydrogen-bond acceptors (Lipinski definition) is 6. The lowest BCUT2D eigenvalue weighted by Gasteiger charge is -2.36. The van der Waals surface area contributed by atoms with E-state index in [1.54, 1.807) is 11.3 Å². The number of carbonyl (C=O) groups excluding carboxylic acids is 1. The molecule has 6 nitrogen and oxygen atoms in total. The van der Waals surface area contributed by atoms with Crippen molar-refractivity contribution in [2.24, 2.45) is 0 Å². The second-order valence-corrected chi connectivity index (χ2v) is 7.89. The smallest absolute Gasteiger partial charge is 0.273 e. The topological polar surface area (TPSA) is 42.9 Å². The number of piperazine rings is 2. The van der Waals surface area contributed by atoms with Gasteiger partial charge in [-0.05, 0) is 18.7 Å². The molecule has 0 radical (unpaired) electrons. The SMILES string of the molecule is CCN1CCN(C(=O)c2csc(N3CCN(c4ccccc4)CC3)n2)CC1. The molecule has 0 spiro atoms. The normalized spacial score (nSPS) is 18.8. The number of hydrogen-bond donors (Lipinski definition) is 0. The molecule has 0 saturated carbocycles. The van der Waals surface area contributed by atoms with E-state index in [0.29, 0.717) is 5.69 Å². The van der Waals surface area contributed by atoms with Gasteiger partial charge >= 0.3 is 0 Å². The van der Waals surface area contributed by atoms with Crippen LogP contribution in [-0.4, -0.2) is 79.6 Å². The molecule has 1 amide bonds. The Bertz CT molecular complexity index is 749. The average Bonchev–Trinajstić information content (AvgIpc) is 3.24. The van der Waals surface area contributed by atoms with Crippen molar-refractivity contribution < 1.29 is 4.79 Å². The van der Waals surface area contributed by atoms with E-state index in [9.17, 15) is 4.79 Å². The highest BCUT2D eigenvalue weighted by Gasteiger charge is 2.25. The van der Waals surface area contributed by atoms with Gasteiger partial charge in [-0.15, -0.1) is 11.3 Å². The Morgan fingerprint density at radius 3 is 2.30 bits per heavy atom. The summed E-state index contributed by atoms with van der Waals surface area (Å²) in [6.07, 6.45) is 0. The fourth-order valence-corrected chi connectivity index (χ4v) is 4.58. The molecule has 27 heavy (non-hydrogen) atoms. The van der Waals surface area contributed by atoms with Crippen LogP contribution in [0.5, 0.6) is 0 Å². The van der Waals surface area contributed by atoms with Crippen LogP contribution in [0.2, 0.25) is 0 Å². The van der Waals surface area contributed by atoms with Crippen molar-refractivity contribution in [3.8, 4) is 0 Å². The van der Waals surface area contributed by atoms with E-state index in [1.165, 1.54) is 5.69 Å². The van der Waals surface area contributed by atoms with E-state index >= 15 is 0 Å². The van der Waals surface area contributed by atoms with E-state index in [4.69, 9.17) is 0 Å². The average molecular weight is 386 g/mol. The van der Waals surface area contributed by atoms with E-state index in [0.717, 1.165) is 64.0 Å². The van der Waals surface area contributed by atoms with Crippen LogP contribution in [0.1, 0.15) is 17.4 Å². The number of benzene rings is 1. The summed E-state index contributed by atoms with van der Waals surface area (Å²) in [5, 5.41) is 2.89. The lowest BCUT2D eigenvalue weighted by Crippen LogP contribution is -2.48. The number of nitrogens with zero attached hydrogens (tertiary/aromatic N) is 5. The van der Waals surface area contributed by atoms with Gasteiger partial charge in [0.25, 0.3) is 5.91 Å². The Kier molecular flexibility index (Phi) is 5.59. The van der Waals surface area contributed by atoms with Crippen molar-refractivity contribution in [3.05, 3.63) is 41.4 Å². The highest BCUT2D eigenvalue weighted by atomic mass is 32.1. The fourth-order valence-electron chi connectivity index (χ4n) is 3.73. The maximum atomic E-state index is 12.8. The molecule has 3 heterocycles. The molecule has 2 aromatic rings. The van der Waals surface area contributed by atoms with E-state index < -0.39 is 0 Å². The van der Waals surface area contributed by atoms with Gasteiger partial charge in [-0.3, -0.25) is 4.79 Å². The monoisotopic (exact) mass is 385 g/mol. The quantitative estimate of drug-likeness (QED) is 0.808. The van der Waals surface area contributed by atoms with Gasteiger partial charge in [-0.25, -0.2) is 4.98 Å². The molecule has 0 bridgehead atoms. The third kappa shape index (κ3) is 4.09. The Morgan fingerprint density at radius 2 is 1.63 bits per heavy atom. The van der Waals surface area contributed by atoms with Gasteiger partial charge in [0.15, 0.2) is 5.13 Å². The molecule has 2 aliphatic rings. The summed E-state index contributed by atoms with van der Waals surface area (Å²) < 4.78 is 0. The van der Waals surface area contributed by atoms with Gasteiger partial charge in [0.2, 0.25) is 0 Å². The van der Waals surface area contributed by atoms with Crippen LogP contribution in [-0.2, 0) is 0 Å². The molecule has 0 atom stereocenters. The van der Waals surface area contributed by atoms with Crippen LogP contribution in [0.3, 0.4) is 0 Å². The molecule has 144 valence electrons. The summed E-state index contributed by atoms with van der Waals surface area (Å²) in [6.45, 7) is 10.6. The second-order valence-electron chi connectivity index (χ2n) is 7.05. The fraction of sp³-hybridized carbons (Fsp3) is 0.500. The van der Waals surface area contributed by atoms with E-state index in [-0.39, 0.29) is 5.91 Å². The molecule has 1 aromatic heterocycles. The Morgan fingerprint density at radius 1 is 0.963 bits per heavy atom. The van der Waals surface area contributed by atoms with Crippen molar-refractivity contribution in [2.45, 2.75) is 6.92 Å². The van der Waals surface area contributed by atoms with Crippen LogP contribution >= 0.6 is 11.3 Å². The maximum absolute atomic E-state index is 12.8. The highest BCUT2D eigenvalue weighted by molar-refractivity contribution is 7.13. The van der Waals surface area contributed by atoms with Crippen LogP contribution in [0, 0.1) is 0 Å². The largest absolute Gasteiger partial charge is 0.368 e. The minimum absolute atomic E-state index is 0.0798.